The molecule has 1 aromatic rings. The molecule has 0 aromatic heterocycles. The molecule has 2 atom stereocenters. The molecule has 0 radical (unpaired) electrons. The van der Waals surface area contributed by atoms with Gasteiger partial charge in [-0.15, -0.1) is 0 Å². The van der Waals surface area contributed by atoms with Crippen LogP contribution in [0.5, 0.6) is 0 Å². The Balaban J connectivity index is 1.75. The molecule has 4 rings (SSSR count). The molecule has 0 aliphatic carbocycles. The zero-order chi connectivity index (χ0) is 18.6. The largest absolute Gasteiger partial charge is 0.481 e. The van der Waals surface area contributed by atoms with Gasteiger partial charge >= 0.3 is 5.97 Å². The summed E-state index contributed by atoms with van der Waals surface area (Å²) in [5, 5.41) is 9.37. The third kappa shape index (κ3) is 2.54. The Morgan fingerprint density at radius 3 is 2.65 bits per heavy atom. The Labute approximate surface area is 152 Å². The van der Waals surface area contributed by atoms with Crippen LogP contribution in [0.25, 0.3) is 0 Å². The highest BCUT2D eigenvalue weighted by Gasteiger charge is 2.41. The Bertz CT molecular complexity index is 895. The van der Waals surface area contributed by atoms with Gasteiger partial charge in [0.1, 0.15) is 0 Å². The van der Waals surface area contributed by atoms with E-state index in [4.69, 9.17) is 0 Å². The van der Waals surface area contributed by atoms with Crippen LogP contribution in [0.2, 0.25) is 0 Å². The van der Waals surface area contributed by atoms with Gasteiger partial charge in [-0.25, -0.2) is 8.42 Å². The number of rotatable bonds is 3. The normalized spacial score (nSPS) is 26.0. The average Bonchev–Trinajstić information content (AvgIpc) is 2.92. The second-order valence-electron chi connectivity index (χ2n) is 7.36. The molecule has 0 unspecified atom stereocenters. The first-order valence-electron chi connectivity index (χ1n) is 9.01. The standard InChI is InChI=1S/C18H22N2O5S/c1-11-15(18(22)23)5-3-7-20(11)26(24,25)14-8-12-4-2-6-19-16(21)10-13(9-14)17(12)19/h8-9,11,15H,2-7,10H2,1H3,(H,22,23)/t11-,15-/m1/s1. The van der Waals surface area contributed by atoms with Crippen LogP contribution in [0.1, 0.15) is 37.3 Å². The monoisotopic (exact) mass is 378 g/mol. The van der Waals surface area contributed by atoms with Crippen molar-refractivity contribution in [2.75, 3.05) is 18.0 Å². The minimum absolute atomic E-state index is 0.0211. The molecule has 1 saturated heterocycles. The number of carboxylic acid groups (broad SMARTS) is 1. The Morgan fingerprint density at radius 2 is 1.92 bits per heavy atom. The second kappa shape index (κ2) is 6.06. The summed E-state index contributed by atoms with van der Waals surface area (Å²) in [6.07, 6.45) is 2.83. The maximum Gasteiger partial charge on any atom is 0.308 e. The number of carboxylic acids is 1. The van der Waals surface area contributed by atoms with E-state index in [1.165, 1.54) is 4.31 Å². The van der Waals surface area contributed by atoms with E-state index in [2.05, 4.69) is 0 Å². The number of carbonyl (C=O) groups excluding carboxylic acids is 1. The number of aliphatic carboxylic acids is 1. The van der Waals surface area contributed by atoms with Crippen LogP contribution in [0.3, 0.4) is 0 Å². The van der Waals surface area contributed by atoms with E-state index in [1.54, 1.807) is 24.0 Å². The minimum atomic E-state index is -3.80. The summed E-state index contributed by atoms with van der Waals surface area (Å²) in [4.78, 5) is 25.6. The quantitative estimate of drug-likeness (QED) is 0.858. The number of nitrogens with zero attached hydrogens (tertiary/aromatic N) is 2. The van der Waals surface area contributed by atoms with Gasteiger partial charge in [0, 0.05) is 19.1 Å². The van der Waals surface area contributed by atoms with Gasteiger partial charge in [0.15, 0.2) is 0 Å². The molecule has 0 saturated carbocycles. The van der Waals surface area contributed by atoms with Gasteiger partial charge in [0.25, 0.3) is 0 Å². The molecule has 7 nitrogen and oxygen atoms in total. The van der Waals surface area contributed by atoms with Gasteiger partial charge in [-0.05, 0) is 55.9 Å². The SMILES string of the molecule is C[C@@H]1[C@H](C(=O)O)CCCN1S(=O)(=O)c1cc2c3c(c1)CC(=O)N3CCC2. The average molecular weight is 378 g/mol. The summed E-state index contributed by atoms with van der Waals surface area (Å²) in [5.74, 6) is -1.63. The lowest BCUT2D eigenvalue weighted by Crippen LogP contribution is -2.49. The summed E-state index contributed by atoms with van der Waals surface area (Å²) in [6.45, 7) is 2.68. The molecule has 1 aromatic carbocycles. The van der Waals surface area contributed by atoms with Crippen LogP contribution < -0.4 is 4.90 Å². The Hall–Kier alpha value is -1.93. The number of anilines is 1. The van der Waals surface area contributed by atoms with E-state index in [0.717, 1.165) is 29.7 Å². The van der Waals surface area contributed by atoms with Crippen molar-refractivity contribution in [3.8, 4) is 0 Å². The number of aryl methyl sites for hydroxylation is 1. The van der Waals surface area contributed by atoms with Crippen LogP contribution in [-0.2, 0) is 32.5 Å². The third-order valence-electron chi connectivity index (χ3n) is 5.84. The summed E-state index contributed by atoms with van der Waals surface area (Å²) >= 11 is 0. The first kappa shape index (κ1) is 17.5. The molecule has 140 valence electrons. The highest BCUT2D eigenvalue weighted by molar-refractivity contribution is 7.89. The summed E-state index contributed by atoms with van der Waals surface area (Å²) in [6, 6.07) is 2.69. The molecule has 3 heterocycles. The fourth-order valence-electron chi connectivity index (χ4n) is 4.51. The zero-order valence-electron chi connectivity index (χ0n) is 14.6. The first-order chi connectivity index (χ1) is 12.3. The smallest absolute Gasteiger partial charge is 0.308 e. The predicted molar refractivity (Wildman–Crippen MR) is 94.5 cm³/mol. The number of amides is 1. The molecule has 0 bridgehead atoms. The second-order valence-corrected chi connectivity index (χ2v) is 9.25. The van der Waals surface area contributed by atoms with Crippen LogP contribution in [-0.4, -0.2) is 48.8 Å². The number of hydrogen-bond acceptors (Lipinski definition) is 4. The topological polar surface area (TPSA) is 95.0 Å². The molecule has 0 spiro atoms. The van der Waals surface area contributed by atoms with Gasteiger partial charge in [-0.1, -0.05) is 0 Å². The lowest BCUT2D eigenvalue weighted by atomic mass is 9.92. The van der Waals surface area contributed by atoms with Gasteiger partial charge in [0.05, 0.1) is 22.9 Å². The highest BCUT2D eigenvalue weighted by Crippen LogP contribution is 2.39. The van der Waals surface area contributed by atoms with Crippen molar-refractivity contribution < 1.29 is 23.1 Å². The predicted octanol–water partition coefficient (Wildman–Crippen LogP) is 1.40. The molecule has 26 heavy (non-hydrogen) atoms. The molecule has 3 aliphatic rings. The van der Waals surface area contributed by atoms with Crippen molar-refractivity contribution in [2.24, 2.45) is 5.92 Å². The molecule has 1 fully saturated rings. The Morgan fingerprint density at radius 1 is 1.19 bits per heavy atom. The molecular formula is C18H22N2O5S. The lowest BCUT2D eigenvalue weighted by molar-refractivity contribution is -0.144. The maximum atomic E-state index is 13.2. The van der Waals surface area contributed by atoms with E-state index in [-0.39, 0.29) is 17.2 Å². The van der Waals surface area contributed by atoms with Gasteiger partial charge in [0.2, 0.25) is 15.9 Å². The fourth-order valence-corrected chi connectivity index (χ4v) is 6.32. The first-order valence-corrected chi connectivity index (χ1v) is 10.5. The number of piperidine rings is 1. The van der Waals surface area contributed by atoms with Crippen LogP contribution in [0.15, 0.2) is 17.0 Å². The fraction of sp³-hybridized carbons (Fsp3) is 0.556. The van der Waals surface area contributed by atoms with Crippen LogP contribution in [0, 0.1) is 5.92 Å². The van der Waals surface area contributed by atoms with E-state index in [0.29, 0.717) is 25.9 Å². The molecular weight excluding hydrogens is 356 g/mol. The third-order valence-corrected chi connectivity index (χ3v) is 7.80. The maximum absolute atomic E-state index is 13.2. The Kier molecular flexibility index (Phi) is 4.07. The van der Waals surface area contributed by atoms with E-state index in [1.807, 2.05) is 0 Å². The van der Waals surface area contributed by atoms with E-state index in [9.17, 15) is 23.1 Å². The van der Waals surface area contributed by atoms with Crippen molar-refractivity contribution in [3.63, 3.8) is 0 Å². The summed E-state index contributed by atoms with van der Waals surface area (Å²) in [7, 11) is -3.80. The van der Waals surface area contributed by atoms with E-state index >= 15 is 0 Å². The van der Waals surface area contributed by atoms with Gasteiger partial charge < -0.3 is 10.0 Å². The molecule has 1 amide bonds. The molecule has 1 N–H and O–H groups in total. The highest BCUT2D eigenvalue weighted by atomic mass is 32.2. The van der Waals surface area contributed by atoms with Crippen molar-refractivity contribution in [2.45, 2.75) is 50.0 Å². The van der Waals surface area contributed by atoms with Crippen molar-refractivity contribution >= 4 is 27.6 Å². The van der Waals surface area contributed by atoms with Crippen molar-refractivity contribution in [1.82, 2.24) is 4.31 Å². The summed E-state index contributed by atoms with van der Waals surface area (Å²) < 4.78 is 27.8. The van der Waals surface area contributed by atoms with E-state index < -0.39 is 28.0 Å². The van der Waals surface area contributed by atoms with Crippen molar-refractivity contribution in [3.05, 3.63) is 23.3 Å². The van der Waals surface area contributed by atoms with Gasteiger partial charge in [-0.2, -0.15) is 4.31 Å². The molecule has 8 heteroatoms. The zero-order valence-corrected chi connectivity index (χ0v) is 15.5. The number of benzene rings is 1. The number of sulfonamides is 1. The van der Waals surface area contributed by atoms with Crippen molar-refractivity contribution in [1.29, 1.82) is 0 Å². The van der Waals surface area contributed by atoms with Crippen LogP contribution >= 0.6 is 0 Å². The number of hydrogen-bond donors (Lipinski definition) is 1. The van der Waals surface area contributed by atoms with Gasteiger partial charge in [-0.3, -0.25) is 9.59 Å². The summed E-state index contributed by atoms with van der Waals surface area (Å²) in [5.41, 5.74) is 2.55. The molecule has 3 aliphatic heterocycles. The lowest BCUT2D eigenvalue weighted by Gasteiger charge is -2.36. The van der Waals surface area contributed by atoms with Crippen LogP contribution in [0.4, 0.5) is 5.69 Å². The minimum Gasteiger partial charge on any atom is -0.481 e. The number of carbonyl (C=O) groups is 2.